The smallest absolute Gasteiger partial charge is 0.0710 e. The van der Waals surface area contributed by atoms with Gasteiger partial charge in [0.15, 0.2) is 0 Å². The van der Waals surface area contributed by atoms with Gasteiger partial charge in [0.25, 0.3) is 0 Å². The van der Waals surface area contributed by atoms with Gasteiger partial charge in [0, 0.05) is 11.7 Å². The number of aliphatic hydroxyl groups is 1. The average molecular weight is 221 g/mol. The maximum atomic E-state index is 9.40. The number of rotatable bonds is 3. The lowest BCUT2D eigenvalue weighted by Gasteiger charge is -2.21. The molecule has 2 N–H and O–H groups in total. The van der Waals surface area contributed by atoms with E-state index in [-0.39, 0.29) is 17.6 Å². The van der Waals surface area contributed by atoms with Crippen molar-refractivity contribution in [2.75, 3.05) is 5.32 Å². The molecule has 0 spiro atoms. The Morgan fingerprint density at radius 3 is 1.94 bits per heavy atom. The van der Waals surface area contributed by atoms with Crippen LogP contribution >= 0.6 is 0 Å². The fourth-order valence-corrected chi connectivity index (χ4v) is 1.45. The number of benzene rings is 1. The third-order valence-corrected chi connectivity index (χ3v) is 2.87. The molecule has 16 heavy (non-hydrogen) atoms. The Morgan fingerprint density at radius 1 is 1.06 bits per heavy atom. The highest BCUT2D eigenvalue weighted by molar-refractivity contribution is 5.46. The molecule has 0 radical (unpaired) electrons. The zero-order valence-corrected chi connectivity index (χ0v) is 10.9. The molecular weight excluding hydrogens is 198 g/mol. The molecule has 2 unspecified atom stereocenters. The molecule has 0 saturated carbocycles. The van der Waals surface area contributed by atoms with Crippen LogP contribution in [0.15, 0.2) is 24.3 Å². The van der Waals surface area contributed by atoms with Gasteiger partial charge in [-0.25, -0.2) is 0 Å². The van der Waals surface area contributed by atoms with E-state index in [0.717, 1.165) is 5.69 Å². The number of nitrogens with one attached hydrogen (secondary N) is 1. The minimum atomic E-state index is -0.345. The van der Waals surface area contributed by atoms with Crippen molar-refractivity contribution < 1.29 is 5.11 Å². The van der Waals surface area contributed by atoms with Crippen molar-refractivity contribution in [3.05, 3.63) is 29.8 Å². The van der Waals surface area contributed by atoms with E-state index in [1.807, 2.05) is 6.92 Å². The van der Waals surface area contributed by atoms with Crippen molar-refractivity contribution in [1.82, 2.24) is 0 Å². The van der Waals surface area contributed by atoms with E-state index in [9.17, 15) is 5.11 Å². The lowest BCUT2D eigenvalue weighted by atomic mass is 9.87. The van der Waals surface area contributed by atoms with Crippen LogP contribution in [-0.4, -0.2) is 17.3 Å². The van der Waals surface area contributed by atoms with Crippen molar-refractivity contribution >= 4 is 5.69 Å². The van der Waals surface area contributed by atoms with Crippen LogP contribution in [0.5, 0.6) is 0 Å². The van der Waals surface area contributed by atoms with Crippen LogP contribution in [0.25, 0.3) is 0 Å². The van der Waals surface area contributed by atoms with Crippen molar-refractivity contribution in [2.45, 2.75) is 52.2 Å². The fraction of sp³-hybridized carbons (Fsp3) is 0.571. The summed E-state index contributed by atoms with van der Waals surface area (Å²) < 4.78 is 0. The van der Waals surface area contributed by atoms with Gasteiger partial charge in [0.05, 0.1) is 6.10 Å². The minimum absolute atomic E-state index is 0.0699. The Labute approximate surface area is 98.7 Å². The molecule has 90 valence electrons. The van der Waals surface area contributed by atoms with Crippen molar-refractivity contribution in [2.24, 2.45) is 0 Å². The quantitative estimate of drug-likeness (QED) is 0.821. The normalized spacial score (nSPS) is 15.6. The molecule has 1 rings (SSSR count). The van der Waals surface area contributed by atoms with E-state index >= 15 is 0 Å². The number of hydrogen-bond acceptors (Lipinski definition) is 2. The summed E-state index contributed by atoms with van der Waals surface area (Å²) in [6.07, 6.45) is -0.345. The molecule has 0 aliphatic heterocycles. The zero-order chi connectivity index (χ0) is 12.3. The largest absolute Gasteiger partial charge is 0.391 e. The third kappa shape index (κ3) is 3.53. The molecule has 1 aromatic rings. The first kappa shape index (κ1) is 13.0. The van der Waals surface area contributed by atoms with Gasteiger partial charge in [-0.15, -0.1) is 0 Å². The van der Waals surface area contributed by atoms with Gasteiger partial charge in [-0.1, -0.05) is 32.9 Å². The molecule has 0 fully saturated rings. The molecular formula is C14H23NO. The predicted molar refractivity (Wildman–Crippen MR) is 69.9 cm³/mol. The summed E-state index contributed by atoms with van der Waals surface area (Å²) in [6.45, 7) is 10.4. The highest BCUT2D eigenvalue weighted by atomic mass is 16.3. The summed E-state index contributed by atoms with van der Waals surface area (Å²) in [5.74, 6) is 0. The van der Waals surface area contributed by atoms with Crippen LogP contribution in [0.1, 0.15) is 40.2 Å². The van der Waals surface area contributed by atoms with Gasteiger partial charge in [-0.3, -0.25) is 0 Å². The Balaban J connectivity index is 2.72. The van der Waals surface area contributed by atoms with Crippen LogP contribution in [0.2, 0.25) is 0 Å². The van der Waals surface area contributed by atoms with Crippen LogP contribution in [0.4, 0.5) is 5.69 Å². The molecule has 0 heterocycles. The minimum Gasteiger partial charge on any atom is -0.391 e. The Morgan fingerprint density at radius 2 is 1.56 bits per heavy atom. The van der Waals surface area contributed by atoms with Gasteiger partial charge < -0.3 is 10.4 Å². The van der Waals surface area contributed by atoms with E-state index < -0.39 is 0 Å². The van der Waals surface area contributed by atoms with E-state index in [0.29, 0.717) is 0 Å². The van der Waals surface area contributed by atoms with Crippen molar-refractivity contribution in [3.63, 3.8) is 0 Å². The maximum Gasteiger partial charge on any atom is 0.0710 e. The standard InChI is InChI=1S/C14H23NO/c1-10(11(2)16)15-13-8-6-12(7-9-13)14(3,4)5/h6-11,15-16H,1-5H3. The lowest BCUT2D eigenvalue weighted by molar-refractivity contribution is 0.178. The van der Waals surface area contributed by atoms with Crippen molar-refractivity contribution in [3.8, 4) is 0 Å². The zero-order valence-electron chi connectivity index (χ0n) is 10.9. The van der Waals surface area contributed by atoms with Gasteiger partial charge in [-0.05, 0) is 37.0 Å². The van der Waals surface area contributed by atoms with Crippen molar-refractivity contribution in [1.29, 1.82) is 0 Å². The lowest BCUT2D eigenvalue weighted by Crippen LogP contribution is -2.27. The second-order valence-electron chi connectivity index (χ2n) is 5.50. The van der Waals surface area contributed by atoms with Crippen LogP contribution < -0.4 is 5.32 Å². The molecule has 0 aromatic heterocycles. The van der Waals surface area contributed by atoms with Gasteiger partial charge in [0.1, 0.15) is 0 Å². The highest BCUT2D eigenvalue weighted by Gasteiger charge is 2.13. The summed E-state index contributed by atoms with van der Waals surface area (Å²) in [7, 11) is 0. The second-order valence-corrected chi connectivity index (χ2v) is 5.50. The molecule has 0 amide bonds. The SMILES string of the molecule is CC(O)C(C)Nc1ccc(C(C)(C)C)cc1. The van der Waals surface area contributed by atoms with Gasteiger partial charge >= 0.3 is 0 Å². The molecule has 2 heteroatoms. The number of aliphatic hydroxyl groups excluding tert-OH is 1. The Bertz CT molecular complexity index is 322. The predicted octanol–water partition coefficient (Wildman–Crippen LogP) is 3.17. The summed E-state index contributed by atoms with van der Waals surface area (Å²) in [4.78, 5) is 0. The third-order valence-electron chi connectivity index (χ3n) is 2.87. The first-order valence-corrected chi connectivity index (χ1v) is 5.86. The first-order valence-electron chi connectivity index (χ1n) is 5.86. The molecule has 0 bridgehead atoms. The monoisotopic (exact) mass is 221 g/mol. The maximum absolute atomic E-state index is 9.40. The molecule has 1 aromatic carbocycles. The molecule has 0 aliphatic rings. The molecule has 2 atom stereocenters. The van der Waals surface area contributed by atoms with Gasteiger partial charge in [0.2, 0.25) is 0 Å². The van der Waals surface area contributed by atoms with E-state index in [1.165, 1.54) is 5.56 Å². The summed E-state index contributed by atoms with van der Waals surface area (Å²) >= 11 is 0. The van der Waals surface area contributed by atoms with Gasteiger partial charge in [-0.2, -0.15) is 0 Å². The average Bonchev–Trinajstić information content (AvgIpc) is 2.17. The fourth-order valence-electron chi connectivity index (χ4n) is 1.45. The molecule has 2 nitrogen and oxygen atoms in total. The van der Waals surface area contributed by atoms with E-state index in [1.54, 1.807) is 6.92 Å². The second kappa shape index (κ2) is 4.88. The van der Waals surface area contributed by atoms with Crippen LogP contribution in [-0.2, 0) is 5.41 Å². The number of hydrogen-bond donors (Lipinski definition) is 2. The Hall–Kier alpha value is -1.02. The molecule has 0 saturated heterocycles. The Kier molecular flexibility index (Phi) is 3.98. The summed E-state index contributed by atoms with van der Waals surface area (Å²) in [6, 6.07) is 8.48. The van der Waals surface area contributed by atoms with E-state index in [2.05, 4.69) is 50.4 Å². The van der Waals surface area contributed by atoms with Crippen LogP contribution in [0, 0.1) is 0 Å². The topological polar surface area (TPSA) is 32.3 Å². The summed E-state index contributed by atoms with van der Waals surface area (Å²) in [5, 5.41) is 12.7. The van der Waals surface area contributed by atoms with Crippen LogP contribution in [0.3, 0.4) is 0 Å². The first-order chi connectivity index (χ1) is 7.30. The number of anilines is 1. The highest BCUT2D eigenvalue weighted by Crippen LogP contribution is 2.23. The molecule has 0 aliphatic carbocycles. The summed E-state index contributed by atoms with van der Waals surface area (Å²) in [5.41, 5.74) is 2.57. The van der Waals surface area contributed by atoms with E-state index in [4.69, 9.17) is 0 Å².